The fraction of sp³-hybridized carbons (Fsp3) is 0.611. The van der Waals surface area contributed by atoms with E-state index in [2.05, 4.69) is 29.3 Å². The Bertz CT molecular complexity index is 549. The molecule has 1 N–H and O–H groups in total. The van der Waals surface area contributed by atoms with Crippen molar-refractivity contribution in [3.05, 3.63) is 29.8 Å². The number of urea groups is 1. The van der Waals surface area contributed by atoms with Gasteiger partial charge in [-0.3, -0.25) is 4.90 Å². The van der Waals surface area contributed by atoms with Crippen LogP contribution in [0.5, 0.6) is 5.75 Å². The molecule has 0 radical (unpaired) electrons. The molecule has 2 heterocycles. The number of piperidine rings is 1. The number of nitrogens with zero attached hydrogens (tertiary/aromatic N) is 2. The van der Waals surface area contributed by atoms with Gasteiger partial charge in [0.05, 0.1) is 7.11 Å². The van der Waals surface area contributed by atoms with Gasteiger partial charge in [0.15, 0.2) is 0 Å². The van der Waals surface area contributed by atoms with Crippen LogP contribution in [0.4, 0.5) is 4.79 Å². The lowest BCUT2D eigenvalue weighted by Crippen LogP contribution is -2.42. The SMILES string of the molecule is COc1ccccc1[C@H]1C[C@@H](C)CCN1CCN1CCNC1=O. The summed E-state index contributed by atoms with van der Waals surface area (Å²) < 4.78 is 5.58. The molecule has 126 valence electrons. The molecule has 3 rings (SSSR count). The lowest BCUT2D eigenvalue weighted by atomic mass is 9.88. The van der Waals surface area contributed by atoms with E-state index in [-0.39, 0.29) is 6.03 Å². The predicted octanol–water partition coefficient (Wildman–Crippen LogP) is 2.49. The van der Waals surface area contributed by atoms with Gasteiger partial charge < -0.3 is 15.0 Å². The minimum absolute atomic E-state index is 0.0734. The molecule has 0 saturated carbocycles. The number of benzene rings is 1. The summed E-state index contributed by atoms with van der Waals surface area (Å²) in [5.41, 5.74) is 1.27. The van der Waals surface area contributed by atoms with Crippen LogP contribution in [0.2, 0.25) is 0 Å². The largest absolute Gasteiger partial charge is 0.496 e. The highest BCUT2D eigenvalue weighted by atomic mass is 16.5. The van der Waals surface area contributed by atoms with Gasteiger partial charge in [-0.1, -0.05) is 25.1 Å². The molecule has 2 saturated heterocycles. The first-order valence-electron chi connectivity index (χ1n) is 8.58. The van der Waals surface area contributed by atoms with Gasteiger partial charge in [0.25, 0.3) is 0 Å². The normalized spacial score (nSPS) is 25.5. The molecule has 5 heteroatoms. The number of carbonyl (C=O) groups excluding carboxylic acids is 1. The molecule has 2 aliphatic rings. The number of rotatable bonds is 5. The van der Waals surface area contributed by atoms with Gasteiger partial charge in [-0.2, -0.15) is 0 Å². The Labute approximate surface area is 138 Å². The zero-order chi connectivity index (χ0) is 16.2. The van der Waals surface area contributed by atoms with Gasteiger partial charge in [0.1, 0.15) is 5.75 Å². The van der Waals surface area contributed by atoms with Crippen LogP contribution in [0.25, 0.3) is 0 Å². The molecule has 1 aromatic rings. The highest BCUT2D eigenvalue weighted by molar-refractivity contribution is 5.76. The van der Waals surface area contributed by atoms with Crippen LogP contribution in [0.3, 0.4) is 0 Å². The molecule has 0 aromatic heterocycles. The van der Waals surface area contributed by atoms with E-state index in [4.69, 9.17) is 4.74 Å². The van der Waals surface area contributed by atoms with Crippen LogP contribution >= 0.6 is 0 Å². The first-order chi connectivity index (χ1) is 11.2. The maximum Gasteiger partial charge on any atom is 0.317 e. The van der Waals surface area contributed by atoms with Gasteiger partial charge in [-0.05, 0) is 31.4 Å². The molecule has 0 bridgehead atoms. The van der Waals surface area contributed by atoms with Crippen molar-refractivity contribution in [2.75, 3.05) is 39.8 Å². The van der Waals surface area contributed by atoms with E-state index in [1.165, 1.54) is 12.0 Å². The standard InChI is InChI=1S/C18H27N3O2/c1-14-7-9-20(11-12-21-10-8-19-18(21)22)16(13-14)15-5-3-4-6-17(15)23-2/h3-6,14,16H,7-13H2,1-2H3,(H,19,22)/t14-,16+/m0/s1. The van der Waals surface area contributed by atoms with Crippen LogP contribution in [0, 0.1) is 5.92 Å². The van der Waals surface area contributed by atoms with Crippen molar-refractivity contribution in [3.63, 3.8) is 0 Å². The van der Waals surface area contributed by atoms with E-state index in [1.54, 1.807) is 7.11 Å². The summed E-state index contributed by atoms with van der Waals surface area (Å²) in [4.78, 5) is 16.2. The van der Waals surface area contributed by atoms with Crippen molar-refractivity contribution in [3.8, 4) is 5.75 Å². The number of amides is 2. The van der Waals surface area contributed by atoms with Crippen LogP contribution < -0.4 is 10.1 Å². The third-order valence-electron chi connectivity index (χ3n) is 5.08. The van der Waals surface area contributed by atoms with Crippen LogP contribution in [-0.4, -0.2) is 55.7 Å². The second-order valence-electron chi connectivity index (χ2n) is 6.64. The Morgan fingerprint density at radius 2 is 2.09 bits per heavy atom. The molecular weight excluding hydrogens is 290 g/mol. The van der Waals surface area contributed by atoms with Crippen molar-refractivity contribution in [2.24, 2.45) is 5.92 Å². The van der Waals surface area contributed by atoms with E-state index >= 15 is 0 Å². The summed E-state index contributed by atoms with van der Waals surface area (Å²) in [6, 6.07) is 8.78. The second kappa shape index (κ2) is 7.21. The maximum absolute atomic E-state index is 11.7. The number of ether oxygens (including phenoxy) is 1. The molecule has 2 aliphatic heterocycles. The smallest absolute Gasteiger partial charge is 0.317 e. The molecule has 23 heavy (non-hydrogen) atoms. The maximum atomic E-state index is 11.7. The number of carbonyl (C=O) groups is 1. The molecule has 0 aliphatic carbocycles. The lowest BCUT2D eigenvalue weighted by Gasteiger charge is -2.39. The van der Waals surface area contributed by atoms with Crippen molar-refractivity contribution in [1.29, 1.82) is 0 Å². The quantitative estimate of drug-likeness (QED) is 0.907. The van der Waals surface area contributed by atoms with Crippen molar-refractivity contribution < 1.29 is 9.53 Å². The van der Waals surface area contributed by atoms with E-state index < -0.39 is 0 Å². The first-order valence-corrected chi connectivity index (χ1v) is 8.58. The van der Waals surface area contributed by atoms with Gasteiger partial charge in [-0.25, -0.2) is 4.79 Å². The molecule has 2 atom stereocenters. The first kappa shape index (κ1) is 16.1. The van der Waals surface area contributed by atoms with Crippen LogP contribution in [-0.2, 0) is 0 Å². The highest BCUT2D eigenvalue weighted by Crippen LogP contribution is 2.37. The van der Waals surface area contributed by atoms with Gasteiger partial charge >= 0.3 is 6.03 Å². The van der Waals surface area contributed by atoms with E-state index in [1.807, 2.05) is 17.0 Å². The van der Waals surface area contributed by atoms with Crippen molar-refractivity contribution in [1.82, 2.24) is 15.1 Å². The fourth-order valence-electron chi connectivity index (χ4n) is 3.70. The Kier molecular flexibility index (Phi) is 5.06. The molecule has 5 nitrogen and oxygen atoms in total. The van der Waals surface area contributed by atoms with Crippen LogP contribution in [0.1, 0.15) is 31.4 Å². The molecule has 0 unspecified atom stereocenters. The number of methoxy groups -OCH3 is 1. The second-order valence-corrected chi connectivity index (χ2v) is 6.64. The van der Waals surface area contributed by atoms with Crippen LogP contribution in [0.15, 0.2) is 24.3 Å². The number of nitrogens with one attached hydrogen (secondary N) is 1. The Morgan fingerprint density at radius 1 is 1.26 bits per heavy atom. The number of hydrogen-bond donors (Lipinski definition) is 1. The Hall–Kier alpha value is -1.75. The van der Waals surface area contributed by atoms with Crippen molar-refractivity contribution in [2.45, 2.75) is 25.8 Å². The fourth-order valence-corrected chi connectivity index (χ4v) is 3.70. The molecule has 1 aromatic carbocycles. The summed E-state index contributed by atoms with van der Waals surface area (Å²) in [7, 11) is 1.74. The van der Waals surface area contributed by atoms with Gasteiger partial charge in [0, 0.05) is 37.8 Å². The molecule has 2 amide bonds. The number of hydrogen-bond acceptors (Lipinski definition) is 3. The molecule has 2 fully saturated rings. The van der Waals surface area contributed by atoms with Crippen molar-refractivity contribution >= 4 is 6.03 Å². The average Bonchev–Trinajstić information content (AvgIpc) is 2.98. The Balaban J connectivity index is 1.72. The van der Waals surface area contributed by atoms with Gasteiger partial charge in [-0.15, -0.1) is 0 Å². The lowest BCUT2D eigenvalue weighted by molar-refractivity contribution is 0.106. The molecular formula is C18H27N3O2. The Morgan fingerprint density at radius 3 is 2.83 bits per heavy atom. The summed E-state index contributed by atoms with van der Waals surface area (Å²) in [5, 5.41) is 2.87. The highest BCUT2D eigenvalue weighted by Gasteiger charge is 2.30. The average molecular weight is 317 g/mol. The number of likely N-dealkylation sites (tertiary alicyclic amines) is 1. The summed E-state index contributed by atoms with van der Waals surface area (Å²) >= 11 is 0. The third-order valence-corrected chi connectivity index (χ3v) is 5.08. The minimum Gasteiger partial charge on any atom is -0.496 e. The monoisotopic (exact) mass is 317 g/mol. The van der Waals surface area contributed by atoms with E-state index in [0.717, 1.165) is 50.8 Å². The zero-order valence-electron chi connectivity index (χ0n) is 14.1. The summed E-state index contributed by atoms with van der Waals surface area (Å²) in [6.07, 6.45) is 2.37. The predicted molar refractivity (Wildman–Crippen MR) is 90.7 cm³/mol. The van der Waals surface area contributed by atoms with E-state index in [0.29, 0.717) is 6.04 Å². The third kappa shape index (κ3) is 3.61. The summed E-state index contributed by atoms with van der Waals surface area (Å²) in [6.45, 7) is 6.72. The minimum atomic E-state index is 0.0734. The molecule has 0 spiro atoms. The topological polar surface area (TPSA) is 44.8 Å². The van der Waals surface area contributed by atoms with Gasteiger partial charge in [0.2, 0.25) is 0 Å². The van der Waals surface area contributed by atoms with E-state index in [9.17, 15) is 4.79 Å². The zero-order valence-corrected chi connectivity index (χ0v) is 14.1. The number of para-hydroxylation sites is 1. The summed E-state index contributed by atoms with van der Waals surface area (Å²) in [5.74, 6) is 1.69.